The van der Waals surface area contributed by atoms with Gasteiger partial charge in [0.05, 0.1) is 12.9 Å². The first-order valence-electron chi connectivity index (χ1n) is 4.42. The zero-order chi connectivity index (χ0) is 10.1. The van der Waals surface area contributed by atoms with Crippen LogP contribution in [-0.2, 0) is 9.53 Å². The normalized spacial score (nSPS) is 11.8. The smallest absolute Gasteiger partial charge is 0.224 e. The first kappa shape index (κ1) is 12.0. The lowest BCUT2D eigenvalue weighted by atomic mass is 10.2. The molecule has 0 aliphatic rings. The van der Waals surface area contributed by atoms with Gasteiger partial charge in [-0.3, -0.25) is 4.79 Å². The van der Waals surface area contributed by atoms with E-state index in [1.807, 2.05) is 0 Å². The van der Waals surface area contributed by atoms with Crippen LogP contribution in [-0.4, -0.2) is 25.6 Å². The van der Waals surface area contributed by atoms with Gasteiger partial charge in [0.25, 0.3) is 0 Å². The molecule has 0 rings (SSSR count). The number of hydrogen-bond donors (Lipinski definition) is 2. The Morgan fingerprint density at radius 2 is 2.46 bits per heavy atom. The maximum absolute atomic E-state index is 11.2. The third kappa shape index (κ3) is 6.16. The summed E-state index contributed by atoms with van der Waals surface area (Å²) in [6.45, 7) is 6.80. The van der Waals surface area contributed by atoms with Crippen molar-refractivity contribution in [1.29, 1.82) is 0 Å². The number of carbonyl (C=O) groups excluding carboxylic acids is 1. The average molecular weight is 186 g/mol. The van der Waals surface area contributed by atoms with Crippen molar-refractivity contribution in [2.24, 2.45) is 11.7 Å². The molecule has 0 radical (unpaired) electrons. The summed E-state index contributed by atoms with van der Waals surface area (Å²) in [4.78, 5) is 11.2. The predicted octanol–water partition coefficient (Wildman–Crippen LogP) is 0.248. The monoisotopic (exact) mass is 186 g/mol. The molecule has 0 saturated heterocycles. The van der Waals surface area contributed by atoms with E-state index in [4.69, 9.17) is 10.5 Å². The van der Waals surface area contributed by atoms with Gasteiger partial charge in [-0.05, 0) is 6.42 Å². The first-order chi connectivity index (χ1) is 6.22. The van der Waals surface area contributed by atoms with Crippen molar-refractivity contribution in [3.05, 3.63) is 12.8 Å². The van der Waals surface area contributed by atoms with E-state index in [2.05, 4.69) is 11.9 Å². The fourth-order valence-electron chi connectivity index (χ4n) is 0.732. The number of rotatable bonds is 7. The second kappa shape index (κ2) is 7.61. The molecule has 0 heterocycles. The molecule has 4 heteroatoms. The Balaban J connectivity index is 3.31. The number of hydrogen-bond acceptors (Lipinski definition) is 3. The third-order valence-electron chi connectivity index (χ3n) is 1.66. The zero-order valence-corrected chi connectivity index (χ0v) is 8.08. The lowest BCUT2D eigenvalue weighted by molar-refractivity contribution is -0.124. The summed E-state index contributed by atoms with van der Waals surface area (Å²) in [7, 11) is 0. The Morgan fingerprint density at radius 1 is 1.77 bits per heavy atom. The molecule has 3 N–H and O–H groups in total. The molecule has 0 aromatic heterocycles. The van der Waals surface area contributed by atoms with Gasteiger partial charge in [-0.2, -0.15) is 0 Å². The van der Waals surface area contributed by atoms with Crippen LogP contribution < -0.4 is 11.1 Å². The molecular weight excluding hydrogens is 168 g/mol. The van der Waals surface area contributed by atoms with Crippen molar-refractivity contribution >= 4 is 5.91 Å². The third-order valence-corrected chi connectivity index (χ3v) is 1.66. The highest BCUT2D eigenvalue weighted by Crippen LogP contribution is 1.90. The van der Waals surface area contributed by atoms with Crippen LogP contribution in [0.25, 0.3) is 0 Å². The summed E-state index contributed by atoms with van der Waals surface area (Å²) in [5.41, 5.74) is 5.33. The molecule has 0 saturated carbocycles. The van der Waals surface area contributed by atoms with Crippen LogP contribution in [0.15, 0.2) is 12.8 Å². The van der Waals surface area contributed by atoms with Crippen molar-refractivity contribution in [2.45, 2.75) is 13.3 Å². The molecule has 0 aliphatic heterocycles. The van der Waals surface area contributed by atoms with Crippen LogP contribution in [0.1, 0.15) is 13.3 Å². The van der Waals surface area contributed by atoms with Crippen LogP contribution in [0.5, 0.6) is 0 Å². The highest BCUT2D eigenvalue weighted by molar-refractivity contribution is 5.78. The Hall–Kier alpha value is -1.03. The number of amides is 1. The van der Waals surface area contributed by atoms with Gasteiger partial charge in [0.15, 0.2) is 0 Å². The van der Waals surface area contributed by atoms with Crippen LogP contribution in [0.4, 0.5) is 0 Å². The lowest BCUT2D eigenvalue weighted by Gasteiger charge is -2.09. The Kier molecular flexibility index (Phi) is 7.01. The largest absolute Gasteiger partial charge is 0.502 e. The van der Waals surface area contributed by atoms with Gasteiger partial charge in [-0.1, -0.05) is 13.5 Å². The van der Waals surface area contributed by atoms with E-state index in [1.54, 1.807) is 6.92 Å². The van der Waals surface area contributed by atoms with E-state index in [1.165, 1.54) is 6.26 Å². The molecule has 1 atom stereocenters. The Morgan fingerprint density at radius 3 is 3.00 bits per heavy atom. The van der Waals surface area contributed by atoms with Crippen LogP contribution in [0.2, 0.25) is 0 Å². The van der Waals surface area contributed by atoms with Crippen molar-refractivity contribution < 1.29 is 9.53 Å². The van der Waals surface area contributed by atoms with Gasteiger partial charge in [0, 0.05) is 19.0 Å². The highest BCUT2D eigenvalue weighted by atomic mass is 16.5. The first-order valence-corrected chi connectivity index (χ1v) is 4.42. The minimum Gasteiger partial charge on any atom is -0.502 e. The fraction of sp³-hybridized carbons (Fsp3) is 0.667. The molecule has 0 bridgehead atoms. The summed E-state index contributed by atoms with van der Waals surface area (Å²) >= 11 is 0. The Bertz CT molecular complexity index is 160. The van der Waals surface area contributed by atoms with Gasteiger partial charge in [0.1, 0.15) is 0 Å². The lowest BCUT2D eigenvalue weighted by Crippen LogP contribution is -2.34. The molecule has 4 nitrogen and oxygen atoms in total. The second-order valence-corrected chi connectivity index (χ2v) is 2.82. The predicted molar refractivity (Wildman–Crippen MR) is 52.0 cm³/mol. The molecule has 1 unspecified atom stereocenters. The van der Waals surface area contributed by atoms with E-state index < -0.39 is 0 Å². The van der Waals surface area contributed by atoms with E-state index >= 15 is 0 Å². The minimum absolute atomic E-state index is 0.00102. The van der Waals surface area contributed by atoms with E-state index in [0.29, 0.717) is 19.7 Å². The molecule has 0 fully saturated rings. The second-order valence-electron chi connectivity index (χ2n) is 2.82. The van der Waals surface area contributed by atoms with Crippen LogP contribution >= 0.6 is 0 Å². The molecule has 0 aliphatic carbocycles. The van der Waals surface area contributed by atoms with Gasteiger partial charge in [-0.25, -0.2) is 0 Å². The van der Waals surface area contributed by atoms with Gasteiger partial charge < -0.3 is 15.8 Å². The van der Waals surface area contributed by atoms with Crippen molar-refractivity contribution in [3.8, 4) is 0 Å². The number of carbonyl (C=O) groups is 1. The average Bonchev–Trinajstić information content (AvgIpc) is 2.16. The Labute approximate surface area is 79.1 Å². The van der Waals surface area contributed by atoms with Crippen LogP contribution in [0, 0.1) is 5.92 Å². The van der Waals surface area contributed by atoms with Gasteiger partial charge in [0.2, 0.25) is 5.91 Å². The fourth-order valence-corrected chi connectivity index (χ4v) is 0.732. The van der Waals surface area contributed by atoms with Crippen molar-refractivity contribution in [3.63, 3.8) is 0 Å². The molecule has 13 heavy (non-hydrogen) atoms. The number of nitrogens with two attached hydrogens (primary N) is 1. The zero-order valence-electron chi connectivity index (χ0n) is 8.08. The molecule has 1 amide bonds. The van der Waals surface area contributed by atoms with Gasteiger partial charge in [-0.15, -0.1) is 0 Å². The summed E-state index contributed by atoms with van der Waals surface area (Å²) in [5, 5.41) is 2.76. The van der Waals surface area contributed by atoms with E-state index in [-0.39, 0.29) is 11.8 Å². The van der Waals surface area contributed by atoms with Crippen LogP contribution in [0.3, 0.4) is 0 Å². The summed E-state index contributed by atoms with van der Waals surface area (Å²) in [6.07, 6.45) is 2.18. The topological polar surface area (TPSA) is 64.3 Å². The van der Waals surface area contributed by atoms with Crippen molar-refractivity contribution in [1.82, 2.24) is 5.32 Å². The molecule has 0 spiro atoms. The molecule has 0 aromatic rings. The van der Waals surface area contributed by atoms with Gasteiger partial charge >= 0.3 is 0 Å². The maximum Gasteiger partial charge on any atom is 0.224 e. The van der Waals surface area contributed by atoms with E-state index in [0.717, 1.165) is 6.42 Å². The quantitative estimate of drug-likeness (QED) is 0.442. The summed E-state index contributed by atoms with van der Waals surface area (Å²) < 4.78 is 4.89. The summed E-state index contributed by atoms with van der Waals surface area (Å²) in [5.74, 6) is -0.110. The number of nitrogens with one attached hydrogen (secondary N) is 1. The summed E-state index contributed by atoms with van der Waals surface area (Å²) in [6, 6.07) is 0. The standard InChI is InChI=1S/C9H18N2O2/c1-3-13-6-4-5-11-9(12)8(2)7-10/h3,8H,1,4-7,10H2,2H3,(H,11,12). The van der Waals surface area contributed by atoms with Crippen molar-refractivity contribution in [2.75, 3.05) is 19.7 Å². The minimum atomic E-state index is -0.111. The molecular formula is C9H18N2O2. The molecule has 0 aromatic carbocycles. The number of ether oxygens (including phenoxy) is 1. The van der Waals surface area contributed by atoms with E-state index in [9.17, 15) is 4.79 Å². The highest BCUT2D eigenvalue weighted by Gasteiger charge is 2.08. The SMILES string of the molecule is C=COCCCNC(=O)C(C)CN. The maximum atomic E-state index is 11.2. The molecule has 76 valence electrons.